The van der Waals surface area contributed by atoms with Gasteiger partial charge in [-0.1, -0.05) is 12.1 Å². The molecule has 1 aliphatic heterocycles. The van der Waals surface area contributed by atoms with Crippen LogP contribution in [0, 0.1) is 0 Å². The Balaban J connectivity index is 2.17. The van der Waals surface area contributed by atoms with Crippen LogP contribution in [0.5, 0.6) is 0 Å². The van der Waals surface area contributed by atoms with E-state index in [1.807, 2.05) is 51.3 Å². The number of aliphatic imine (C=N–C) groups is 1. The van der Waals surface area contributed by atoms with Crippen molar-refractivity contribution in [3.63, 3.8) is 0 Å². The Morgan fingerprint density at radius 2 is 1.89 bits per heavy atom. The van der Waals surface area contributed by atoms with E-state index in [-0.39, 0.29) is 11.4 Å². The fourth-order valence-electron chi connectivity index (χ4n) is 1.84. The maximum Gasteiger partial charge on any atom is 0.256 e. The number of nitrogens with zero attached hydrogens (tertiary/aromatic N) is 1. The summed E-state index contributed by atoms with van der Waals surface area (Å²) in [4.78, 5) is 17.6. The van der Waals surface area contributed by atoms with Gasteiger partial charge in [-0.25, -0.2) is 4.99 Å². The Morgan fingerprint density at radius 3 is 2.42 bits per heavy atom. The molecular formula is C14H19N3OS. The zero-order valence-electron chi connectivity index (χ0n) is 11.7. The maximum atomic E-state index is 12.0. The predicted molar refractivity (Wildman–Crippen MR) is 79.4 cm³/mol. The molecule has 1 amide bonds. The first kappa shape index (κ1) is 13.9. The summed E-state index contributed by atoms with van der Waals surface area (Å²) < 4.78 is 0. The second-order valence-electron chi connectivity index (χ2n) is 5.52. The molecule has 1 unspecified atom stereocenters. The van der Waals surface area contributed by atoms with E-state index >= 15 is 0 Å². The zero-order chi connectivity index (χ0) is 14.0. The molecule has 1 aromatic carbocycles. The van der Waals surface area contributed by atoms with Crippen LogP contribution < -0.4 is 10.6 Å². The molecule has 0 spiro atoms. The fraction of sp³-hybridized carbons (Fsp3) is 0.429. The molecule has 1 atom stereocenters. The van der Waals surface area contributed by atoms with E-state index in [2.05, 4.69) is 15.6 Å². The topological polar surface area (TPSA) is 53.5 Å². The summed E-state index contributed by atoms with van der Waals surface area (Å²) in [6.45, 7) is 6.09. The number of carbonyl (C=O) groups is 1. The molecule has 19 heavy (non-hydrogen) atoms. The van der Waals surface area contributed by atoms with Gasteiger partial charge in [0.25, 0.3) is 5.91 Å². The maximum absolute atomic E-state index is 12.0. The Kier molecular flexibility index (Phi) is 3.85. The second kappa shape index (κ2) is 5.25. The number of nitrogens with one attached hydrogen (secondary N) is 2. The Morgan fingerprint density at radius 1 is 1.26 bits per heavy atom. The molecular weight excluding hydrogens is 258 g/mol. The van der Waals surface area contributed by atoms with Crippen molar-refractivity contribution in [2.75, 3.05) is 6.26 Å². The van der Waals surface area contributed by atoms with E-state index in [1.165, 1.54) is 4.90 Å². The van der Waals surface area contributed by atoms with Crippen LogP contribution in [-0.2, 0) is 4.79 Å². The lowest BCUT2D eigenvalue weighted by molar-refractivity contribution is -0.120. The third-order valence-electron chi connectivity index (χ3n) is 2.67. The minimum atomic E-state index is -0.444. The van der Waals surface area contributed by atoms with E-state index in [0.717, 1.165) is 5.56 Å². The van der Waals surface area contributed by atoms with Crippen LogP contribution in [0.2, 0.25) is 0 Å². The van der Waals surface area contributed by atoms with Crippen molar-refractivity contribution >= 4 is 23.6 Å². The van der Waals surface area contributed by atoms with Crippen LogP contribution in [0.4, 0.5) is 0 Å². The number of rotatable bonds is 2. The van der Waals surface area contributed by atoms with Gasteiger partial charge in [-0.15, -0.1) is 11.8 Å². The first-order valence-electron chi connectivity index (χ1n) is 6.20. The van der Waals surface area contributed by atoms with E-state index in [1.54, 1.807) is 11.8 Å². The molecule has 0 saturated heterocycles. The standard InChI is InChI=1S/C14H19N3OS/c1-14(2,3)17-13-15-11(12(18)16-13)9-5-7-10(19-4)8-6-9/h5-8,11H,1-4H3,(H2,15,16,17,18). The molecule has 0 aliphatic carbocycles. The third-order valence-corrected chi connectivity index (χ3v) is 3.42. The number of benzene rings is 1. The van der Waals surface area contributed by atoms with Gasteiger partial charge in [-0.05, 0) is 44.7 Å². The molecule has 0 bridgehead atoms. The molecule has 1 aromatic rings. The molecule has 4 nitrogen and oxygen atoms in total. The van der Waals surface area contributed by atoms with Crippen LogP contribution in [0.1, 0.15) is 32.4 Å². The van der Waals surface area contributed by atoms with Crippen LogP contribution >= 0.6 is 11.8 Å². The normalized spacial score (nSPS) is 19.1. The highest BCUT2D eigenvalue weighted by Crippen LogP contribution is 2.24. The number of amides is 1. The number of thioether (sulfide) groups is 1. The highest BCUT2D eigenvalue weighted by atomic mass is 32.2. The number of guanidine groups is 1. The fourth-order valence-corrected chi connectivity index (χ4v) is 2.24. The van der Waals surface area contributed by atoms with E-state index in [9.17, 15) is 4.79 Å². The summed E-state index contributed by atoms with van der Waals surface area (Å²) in [6.07, 6.45) is 2.03. The second-order valence-corrected chi connectivity index (χ2v) is 6.40. The van der Waals surface area contributed by atoms with Crippen molar-refractivity contribution in [3.05, 3.63) is 29.8 Å². The van der Waals surface area contributed by atoms with Crippen molar-refractivity contribution in [1.29, 1.82) is 0 Å². The lowest BCUT2D eigenvalue weighted by Crippen LogP contribution is -2.46. The number of hydrogen-bond donors (Lipinski definition) is 2. The monoisotopic (exact) mass is 277 g/mol. The molecule has 102 valence electrons. The number of hydrogen-bond acceptors (Lipinski definition) is 4. The quantitative estimate of drug-likeness (QED) is 0.816. The summed E-state index contributed by atoms with van der Waals surface area (Å²) in [7, 11) is 0. The Hall–Kier alpha value is -1.49. The van der Waals surface area contributed by atoms with Crippen molar-refractivity contribution in [3.8, 4) is 0 Å². The van der Waals surface area contributed by atoms with Gasteiger partial charge < -0.3 is 5.32 Å². The largest absolute Gasteiger partial charge is 0.351 e. The SMILES string of the molecule is CSc1ccc(C2N=C(NC(C)(C)C)NC2=O)cc1. The highest BCUT2D eigenvalue weighted by molar-refractivity contribution is 7.98. The molecule has 0 saturated carbocycles. The molecule has 0 radical (unpaired) electrons. The van der Waals surface area contributed by atoms with Gasteiger partial charge in [0.05, 0.1) is 0 Å². The summed E-state index contributed by atoms with van der Waals surface area (Å²) in [5.74, 6) is 0.472. The van der Waals surface area contributed by atoms with Crippen LogP contribution in [-0.4, -0.2) is 23.7 Å². The van der Waals surface area contributed by atoms with Gasteiger partial charge in [0.15, 0.2) is 12.0 Å². The average molecular weight is 277 g/mol. The molecule has 1 heterocycles. The van der Waals surface area contributed by atoms with Crippen LogP contribution in [0.3, 0.4) is 0 Å². The lowest BCUT2D eigenvalue weighted by Gasteiger charge is -2.21. The minimum absolute atomic E-state index is 0.0800. The summed E-state index contributed by atoms with van der Waals surface area (Å²) in [6, 6.07) is 7.50. The van der Waals surface area contributed by atoms with E-state index < -0.39 is 6.04 Å². The van der Waals surface area contributed by atoms with Gasteiger partial charge in [0.2, 0.25) is 0 Å². The Bertz CT molecular complexity index is 502. The first-order valence-corrected chi connectivity index (χ1v) is 7.42. The average Bonchev–Trinajstić information content (AvgIpc) is 2.68. The lowest BCUT2D eigenvalue weighted by atomic mass is 10.1. The summed E-state index contributed by atoms with van der Waals surface area (Å²) >= 11 is 1.68. The summed E-state index contributed by atoms with van der Waals surface area (Å²) in [5, 5.41) is 5.97. The van der Waals surface area contributed by atoms with Crippen molar-refractivity contribution in [2.45, 2.75) is 37.2 Å². The predicted octanol–water partition coefficient (Wildman–Crippen LogP) is 2.32. The molecule has 0 fully saturated rings. The summed E-state index contributed by atoms with van der Waals surface area (Å²) in [5.41, 5.74) is 0.796. The molecule has 2 N–H and O–H groups in total. The molecule has 1 aliphatic rings. The van der Waals surface area contributed by atoms with Crippen LogP contribution in [0.15, 0.2) is 34.2 Å². The van der Waals surface area contributed by atoms with Gasteiger partial charge in [0, 0.05) is 10.4 Å². The molecule has 5 heteroatoms. The van der Waals surface area contributed by atoms with Gasteiger partial charge in [-0.3, -0.25) is 10.1 Å². The molecule has 2 rings (SSSR count). The van der Waals surface area contributed by atoms with E-state index in [0.29, 0.717) is 5.96 Å². The number of carbonyl (C=O) groups excluding carboxylic acids is 1. The van der Waals surface area contributed by atoms with Gasteiger partial charge >= 0.3 is 0 Å². The smallest absolute Gasteiger partial charge is 0.256 e. The van der Waals surface area contributed by atoms with Crippen molar-refractivity contribution < 1.29 is 4.79 Å². The zero-order valence-corrected chi connectivity index (χ0v) is 12.5. The van der Waals surface area contributed by atoms with Gasteiger partial charge in [0.1, 0.15) is 0 Å². The first-order chi connectivity index (χ1) is 8.89. The Labute approximate surface area is 118 Å². The van der Waals surface area contributed by atoms with Crippen LogP contribution in [0.25, 0.3) is 0 Å². The highest BCUT2D eigenvalue weighted by Gasteiger charge is 2.29. The molecule has 0 aromatic heterocycles. The third kappa shape index (κ3) is 3.50. The minimum Gasteiger partial charge on any atom is -0.351 e. The van der Waals surface area contributed by atoms with E-state index in [4.69, 9.17) is 0 Å². The van der Waals surface area contributed by atoms with Gasteiger partial charge in [-0.2, -0.15) is 0 Å². The van der Waals surface area contributed by atoms with Crippen molar-refractivity contribution in [2.24, 2.45) is 4.99 Å². The van der Waals surface area contributed by atoms with Crippen molar-refractivity contribution in [1.82, 2.24) is 10.6 Å².